The summed E-state index contributed by atoms with van der Waals surface area (Å²) in [6.07, 6.45) is 3.70. The average molecular weight is 580 g/mol. The van der Waals surface area contributed by atoms with Crippen LogP contribution in [0.25, 0.3) is 33.5 Å². The van der Waals surface area contributed by atoms with E-state index in [0.29, 0.717) is 22.5 Å². The zero-order chi connectivity index (χ0) is 32.1. The molecule has 0 fully saturated rings. The van der Waals surface area contributed by atoms with Crippen LogP contribution in [0.3, 0.4) is 0 Å². The number of nitrogen functional groups attached to an aromatic ring is 2. The molecule has 0 aliphatic rings. The molecule has 222 valence electrons. The van der Waals surface area contributed by atoms with Gasteiger partial charge in [-0.25, -0.2) is 0 Å². The lowest BCUT2D eigenvalue weighted by Crippen LogP contribution is -2.07. The number of carbonyl (C=O) groups is 1. The molecular weight excluding hydrogens is 538 g/mol. The molecule has 4 N–H and O–H groups in total. The first-order chi connectivity index (χ1) is 21.3. The molecular formula is C40H41N3O. The van der Waals surface area contributed by atoms with E-state index < -0.39 is 0 Å². The largest absolute Gasteiger partial charge is 0.399 e. The Balaban J connectivity index is 0.000000997. The molecule has 0 radical (unpaired) electrons. The number of benzene rings is 4. The van der Waals surface area contributed by atoms with Gasteiger partial charge < -0.3 is 11.5 Å². The van der Waals surface area contributed by atoms with Gasteiger partial charge in [-0.05, 0) is 72.0 Å². The van der Waals surface area contributed by atoms with Crippen LogP contribution in [-0.2, 0) is 0 Å². The number of nitrogens with zero attached hydrogens (tertiary/aromatic N) is 1. The smallest absolute Gasteiger partial charge is 0.190 e. The summed E-state index contributed by atoms with van der Waals surface area (Å²) in [5, 5.41) is 0. The summed E-state index contributed by atoms with van der Waals surface area (Å²) >= 11 is 0. The highest BCUT2D eigenvalue weighted by Crippen LogP contribution is 2.31. The van der Waals surface area contributed by atoms with E-state index in [2.05, 4.69) is 87.3 Å². The maximum absolute atomic E-state index is 13.2. The lowest BCUT2D eigenvalue weighted by Gasteiger charge is -2.14. The SMILES string of the molecule is C/C(=C\C(C)c1cc(-c2ccc(-c3ccccc3)cc2)cc(-c2ccccc2)n1)C(=O)c1cc(N)ccc1N.C=C.C=CC. The lowest BCUT2D eigenvalue weighted by atomic mass is 9.94. The molecule has 44 heavy (non-hydrogen) atoms. The number of anilines is 2. The van der Waals surface area contributed by atoms with Crippen LogP contribution < -0.4 is 11.5 Å². The topological polar surface area (TPSA) is 82.0 Å². The van der Waals surface area contributed by atoms with Crippen LogP contribution in [-0.4, -0.2) is 10.8 Å². The Hall–Kier alpha value is -5.48. The van der Waals surface area contributed by atoms with Crippen molar-refractivity contribution in [2.45, 2.75) is 26.7 Å². The number of hydrogen-bond acceptors (Lipinski definition) is 4. The van der Waals surface area contributed by atoms with Gasteiger partial charge in [0.2, 0.25) is 0 Å². The Morgan fingerprint density at radius 3 is 1.80 bits per heavy atom. The number of hydrogen-bond donors (Lipinski definition) is 2. The minimum atomic E-state index is -0.136. The van der Waals surface area contributed by atoms with Crippen molar-refractivity contribution in [2.24, 2.45) is 0 Å². The standard InChI is InChI=1S/C35H31N3O.C3H6.C2H4/c1-23(19-24(2)35(39)31-22-30(36)17-18-32(31)37)33-20-29(21-34(38-33)28-11-7-4-8-12-28)27-15-13-26(14-16-27)25-9-5-3-6-10-25;1-3-2;1-2/h3-23H,36-37H2,1-2H3;3H,1H2,2H3;1-2H2/b24-19+;;. The van der Waals surface area contributed by atoms with Gasteiger partial charge in [0.25, 0.3) is 0 Å². The number of nitrogens with two attached hydrogens (primary N) is 2. The van der Waals surface area contributed by atoms with Crippen LogP contribution in [0.5, 0.6) is 0 Å². The van der Waals surface area contributed by atoms with Gasteiger partial charge in [-0.3, -0.25) is 9.78 Å². The van der Waals surface area contributed by atoms with Gasteiger partial charge in [-0.1, -0.05) is 104 Å². The number of aromatic nitrogens is 1. The minimum absolute atomic E-state index is 0.109. The maximum atomic E-state index is 13.2. The predicted molar refractivity (Wildman–Crippen MR) is 189 cm³/mol. The normalized spacial score (nSPS) is 11.2. The number of allylic oxidation sites excluding steroid dienone is 3. The quantitative estimate of drug-likeness (QED) is 0.0870. The second kappa shape index (κ2) is 16.2. The van der Waals surface area contributed by atoms with E-state index in [-0.39, 0.29) is 11.7 Å². The molecule has 0 saturated heterocycles. The van der Waals surface area contributed by atoms with Crippen LogP contribution in [0, 0.1) is 0 Å². The zero-order valence-corrected chi connectivity index (χ0v) is 25.8. The molecule has 1 aromatic heterocycles. The molecule has 4 nitrogen and oxygen atoms in total. The number of carbonyl (C=O) groups excluding carboxylic acids is 1. The maximum Gasteiger partial charge on any atom is 0.190 e. The Bertz CT molecular complexity index is 1710. The summed E-state index contributed by atoms with van der Waals surface area (Å²) in [5.41, 5.74) is 21.3. The van der Waals surface area contributed by atoms with E-state index in [9.17, 15) is 4.79 Å². The van der Waals surface area contributed by atoms with Crippen molar-refractivity contribution in [3.63, 3.8) is 0 Å². The van der Waals surface area contributed by atoms with Gasteiger partial charge in [0.05, 0.1) is 5.69 Å². The highest BCUT2D eigenvalue weighted by molar-refractivity contribution is 6.12. The monoisotopic (exact) mass is 579 g/mol. The molecule has 0 bridgehead atoms. The fourth-order valence-corrected chi connectivity index (χ4v) is 4.71. The van der Waals surface area contributed by atoms with Crippen LogP contribution >= 0.6 is 0 Å². The van der Waals surface area contributed by atoms with Gasteiger partial charge in [-0.2, -0.15) is 0 Å². The predicted octanol–water partition coefficient (Wildman–Crippen LogP) is 10.2. The van der Waals surface area contributed by atoms with Crippen LogP contribution in [0.2, 0.25) is 0 Å². The molecule has 0 amide bonds. The van der Waals surface area contributed by atoms with Gasteiger partial charge in [0.15, 0.2) is 5.78 Å². The third-order valence-corrected chi connectivity index (χ3v) is 6.89. The van der Waals surface area contributed by atoms with Crippen molar-refractivity contribution in [3.8, 4) is 33.5 Å². The molecule has 4 aromatic carbocycles. The van der Waals surface area contributed by atoms with Crippen molar-refractivity contribution in [1.82, 2.24) is 4.98 Å². The summed E-state index contributed by atoms with van der Waals surface area (Å²) in [7, 11) is 0. The summed E-state index contributed by atoms with van der Waals surface area (Å²) in [5.74, 6) is -0.246. The van der Waals surface area contributed by atoms with Crippen LogP contribution in [0.1, 0.15) is 42.7 Å². The fraction of sp³-hybridized carbons (Fsp3) is 0.100. The van der Waals surface area contributed by atoms with E-state index in [1.54, 1.807) is 24.3 Å². The van der Waals surface area contributed by atoms with Gasteiger partial charge >= 0.3 is 0 Å². The van der Waals surface area contributed by atoms with Crippen LogP contribution in [0.15, 0.2) is 153 Å². The van der Waals surface area contributed by atoms with E-state index in [0.717, 1.165) is 28.1 Å². The summed E-state index contributed by atoms with van der Waals surface area (Å²) in [6.45, 7) is 15.1. The highest BCUT2D eigenvalue weighted by atomic mass is 16.1. The van der Waals surface area contributed by atoms with Crippen molar-refractivity contribution in [2.75, 3.05) is 11.5 Å². The van der Waals surface area contributed by atoms with E-state index in [4.69, 9.17) is 16.5 Å². The average Bonchev–Trinajstić information content (AvgIpc) is 3.07. The first-order valence-electron chi connectivity index (χ1n) is 14.5. The molecule has 0 aliphatic carbocycles. The number of pyridine rings is 1. The number of ketones is 1. The summed E-state index contributed by atoms with van der Waals surface area (Å²) < 4.78 is 0. The number of Topliss-reactive ketones (excluding diaryl/α,β-unsaturated/α-hetero) is 1. The van der Waals surface area contributed by atoms with E-state index >= 15 is 0 Å². The summed E-state index contributed by atoms with van der Waals surface area (Å²) in [6, 6.07) is 38.3. The van der Waals surface area contributed by atoms with Gasteiger partial charge in [0, 0.05) is 34.1 Å². The zero-order valence-electron chi connectivity index (χ0n) is 25.8. The fourth-order valence-electron chi connectivity index (χ4n) is 4.71. The van der Waals surface area contributed by atoms with Crippen molar-refractivity contribution < 1.29 is 4.79 Å². The van der Waals surface area contributed by atoms with Gasteiger partial charge in [-0.15, -0.1) is 19.7 Å². The van der Waals surface area contributed by atoms with E-state index in [1.807, 2.05) is 56.3 Å². The molecule has 1 heterocycles. The first-order valence-corrected chi connectivity index (χ1v) is 14.5. The number of rotatable bonds is 7. The molecule has 1 unspecified atom stereocenters. The Morgan fingerprint density at radius 2 is 1.23 bits per heavy atom. The third-order valence-electron chi connectivity index (χ3n) is 6.89. The summed E-state index contributed by atoms with van der Waals surface area (Å²) in [4.78, 5) is 18.2. The Labute approximate surface area is 262 Å². The Kier molecular flexibility index (Phi) is 12.2. The molecule has 0 aliphatic heterocycles. The van der Waals surface area contributed by atoms with Gasteiger partial charge in [0.1, 0.15) is 0 Å². The van der Waals surface area contributed by atoms with Crippen molar-refractivity contribution in [1.29, 1.82) is 0 Å². The van der Waals surface area contributed by atoms with Crippen molar-refractivity contribution >= 4 is 17.2 Å². The van der Waals surface area contributed by atoms with E-state index in [1.165, 1.54) is 11.1 Å². The molecule has 0 saturated carbocycles. The highest BCUT2D eigenvalue weighted by Gasteiger charge is 2.16. The molecule has 5 rings (SSSR count). The molecule has 5 aromatic rings. The molecule has 4 heteroatoms. The minimum Gasteiger partial charge on any atom is -0.399 e. The van der Waals surface area contributed by atoms with Crippen molar-refractivity contribution in [3.05, 3.63) is 164 Å². The second-order valence-electron chi connectivity index (χ2n) is 10.2. The van der Waals surface area contributed by atoms with Crippen LogP contribution in [0.4, 0.5) is 11.4 Å². The molecule has 0 spiro atoms. The third kappa shape index (κ3) is 8.52. The molecule has 1 atom stereocenters. The second-order valence-corrected chi connectivity index (χ2v) is 10.2. The lowest BCUT2D eigenvalue weighted by molar-refractivity contribution is 0.103. The first kappa shape index (κ1) is 33.0. The Morgan fingerprint density at radius 1 is 0.727 bits per heavy atom.